The van der Waals surface area contributed by atoms with Crippen LogP contribution in [0, 0.1) is 11.8 Å². The summed E-state index contributed by atoms with van der Waals surface area (Å²) >= 11 is 0. The molecule has 0 amide bonds. The Morgan fingerprint density at radius 1 is 0.800 bits per heavy atom. The number of nitrogens with zero attached hydrogens (tertiary/aromatic N) is 1. The standard InChI is InChI=1S/C10H16N.2C8H19O3P/c1-11(2,3)9-10-7-5-4-6-8-10;2*1-3-5-6-8(4-2)7-12(9,10)11/h4-8H,9H2,1-3H3;2*8H,3-7H2,1-2H3,(H2,9,10,11)/q+1;;/p-1. The van der Waals surface area contributed by atoms with Crippen LogP contribution in [0.15, 0.2) is 30.3 Å². The highest BCUT2D eigenvalue weighted by Gasteiger charge is 2.19. The van der Waals surface area contributed by atoms with Gasteiger partial charge in [0.25, 0.3) is 0 Å². The predicted octanol–water partition coefficient (Wildman–Crippen LogP) is 6.02. The van der Waals surface area contributed by atoms with Gasteiger partial charge in [-0.2, -0.15) is 0 Å². The molecule has 0 fully saturated rings. The lowest BCUT2D eigenvalue weighted by molar-refractivity contribution is -0.884. The molecule has 3 atom stereocenters. The molecule has 0 heterocycles. The van der Waals surface area contributed by atoms with Gasteiger partial charge in [0.2, 0.25) is 0 Å². The van der Waals surface area contributed by atoms with Crippen molar-refractivity contribution in [3.63, 3.8) is 0 Å². The van der Waals surface area contributed by atoms with E-state index in [1.807, 2.05) is 13.8 Å². The number of quaternary nitrogens is 1. The molecule has 9 heteroatoms. The van der Waals surface area contributed by atoms with E-state index in [1.54, 1.807) is 0 Å². The van der Waals surface area contributed by atoms with E-state index in [-0.39, 0.29) is 24.2 Å². The highest BCUT2D eigenvalue weighted by Crippen LogP contribution is 2.39. The third-order valence-corrected chi connectivity index (χ3v) is 7.54. The molecule has 0 aliphatic carbocycles. The summed E-state index contributed by atoms with van der Waals surface area (Å²) < 4.78 is 22.2. The molecular formula is C26H53NO6P2. The first-order chi connectivity index (χ1) is 16.1. The Labute approximate surface area is 215 Å². The Morgan fingerprint density at radius 3 is 1.54 bits per heavy atom. The number of rotatable bonds is 14. The summed E-state index contributed by atoms with van der Waals surface area (Å²) in [6.07, 6.45) is 7.82. The molecule has 0 saturated heterocycles. The van der Waals surface area contributed by atoms with Gasteiger partial charge in [-0.3, -0.25) is 4.57 Å². The average molecular weight is 538 g/mol. The van der Waals surface area contributed by atoms with Crippen molar-refractivity contribution in [3.8, 4) is 0 Å². The van der Waals surface area contributed by atoms with Crippen LogP contribution in [0.3, 0.4) is 0 Å². The zero-order valence-electron chi connectivity index (χ0n) is 23.2. The van der Waals surface area contributed by atoms with Crippen molar-refractivity contribution in [3.05, 3.63) is 35.9 Å². The van der Waals surface area contributed by atoms with Crippen molar-refractivity contribution in [1.29, 1.82) is 0 Å². The minimum absolute atomic E-state index is 0.0521. The average Bonchev–Trinajstić information content (AvgIpc) is 2.73. The number of hydrogen-bond donors (Lipinski definition) is 3. The lowest BCUT2D eigenvalue weighted by Crippen LogP contribution is -2.33. The summed E-state index contributed by atoms with van der Waals surface area (Å²) in [4.78, 5) is 36.6. The second-order valence-corrected chi connectivity index (χ2v) is 13.8. The molecule has 3 unspecified atom stereocenters. The predicted molar refractivity (Wildman–Crippen MR) is 146 cm³/mol. The molecule has 0 aromatic heterocycles. The SMILES string of the molecule is CCCCC(CC)CP(=O)(O)O.CCCCC(CC)CP(=O)([O-])O.C[N+](C)(C)Cc1ccccc1. The number of unbranched alkanes of at least 4 members (excludes halogenated alkanes) is 2. The van der Waals surface area contributed by atoms with Gasteiger partial charge < -0.3 is 28.6 Å². The van der Waals surface area contributed by atoms with Crippen LogP contribution >= 0.6 is 15.2 Å². The van der Waals surface area contributed by atoms with E-state index in [4.69, 9.17) is 14.7 Å². The van der Waals surface area contributed by atoms with Gasteiger partial charge in [0.15, 0.2) is 0 Å². The summed E-state index contributed by atoms with van der Waals surface area (Å²) in [6, 6.07) is 10.6. The Bertz CT molecular complexity index is 676. The summed E-state index contributed by atoms with van der Waals surface area (Å²) in [5, 5.41) is 0. The topological polar surface area (TPSA) is 118 Å². The van der Waals surface area contributed by atoms with Gasteiger partial charge in [0.1, 0.15) is 14.1 Å². The van der Waals surface area contributed by atoms with Crippen molar-refractivity contribution < 1.29 is 33.2 Å². The van der Waals surface area contributed by atoms with E-state index in [0.29, 0.717) is 0 Å². The highest BCUT2D eigenvalue weighted by molar-refractivity contribution is 7.51. The number of benzene rings is 1. The van der Waals surface area contributed by atoms with Crippen LogP contribution in [-0.2, 0) is 15.7 Å². The lowest BCUT2D eigenvalue weighted by Gasteiger charge is -2.23. The molecule has 208 valence electrons. The molecule has 7 nitrogen and oxygen atoms in total. The molecule has 1 rings (SSSR count). The van der Waals surface area contributed by atoms with Gasteiger partial charge in [-0.25, -0.2) is 0 Å². The first-order valence-electron chi connectivity index (χ1n) is 13.0. The smallest absolute Gasteiger partial charge is 0.325 e. The zero-order chi connectivity index (χ0) is 27.5. The third-order valence-electron chi connectivity index (χ3n) is 5.57. The van der Waals surface area contributed by atoms with Crippen LogP contribution in [-0.4, -0.2) is 52.6 Å². The molecule has 3 N–H and O–H groups in total. The lowest BCUT2D eigenvalue weighted by atomic mass is 10.0. The summed E-state index contributed by atoms with van der Waals surface area (Å²) in [5.74, 6) is 0.337. The normalized spacial score (nSPS) is 15.1. The quantitative estimate of drug-likeness (QED) is 0.197. The molecule has 0 saturated carbocycles. The zero-order valence-corrected chi connectivity index (χ0v) is 25.0. The summed E-state index contributed by atoms with van der Waals surface area (Å²) in [5.41, 5.74) is 1.40. The molecule has 0 spiro atoms. The van der Waals surface area contributed by atoms with Crippen molar-refractivity contribution in [2.24, 2.45) is 11.8 Å². The fourth-order valence-corrected chi connectivity index (χ4v) is 5.84. The molecule has 35 heavy (non-hydrogen) atoms. The Kier molecular flexibility index (Phi) is 20.5. The van der Waals surface area contributed by atoms with Gasteiger partial charge in [-0.1, -0.05) is 96.6 Å². The van der Waals surface area contributed by atoms with E-state index < -0.39 is 15.2 Å². The molecule has 1 aromatic rings. The minimum atomic E-state index is -4.03. The minimum Gasteiger partial charge on any atom is -0.779 e. The van der Waals surface area contributed by atoms with Gasteiger partial charge in [-0.05, 0) is 24.7 Å². The van der Waals surface area contributed by atoms with Crippen LogP contribution < -0.4 is 4.89 Å². The molecular weight excluding hydrogens is 484 g/mol. The fraction of sp³-hybridized carbons (Fsp3) is 0.769. The maximum atomic E-state index is 10.7. The third kappa shape index (κ3) is 27.9. The molecule has 0 aliphatic rings. The maximum Gasteiger partial charge on any atom is 0.325 e. The van der Waals surface area contributed by atoms with E-state index in [0.717, 1.165) is 62.4 Å². The van der Waals surface area contributed by atoms with E-state index in [2.05, 4.69) is 65.3 Å². The van der Waals surface area contributed by atoms with Gasteiger partial charge in [-0.15, -0.1) is 0 Å². The van der Waals surface area contributed by atoms with Crippen molar-refractivity contribution in [2.45, 2.75) is 85.6 Å². The maximum absolute atomic E-state index is 10.7. The van der Waals surface area contributed by atoms with Crippen molar-refractivity contribution in [1.82, 2.24) is 0 Å². The Balaban J connectivity index is 0. The van der Waals surface area contributed by atoms with Gasteiger partial charge >= 0.3 is 7.60 Å². The second-order valence-electron chi connectivity index (χ2n) is 10.4. The van der Waals surface area contributed by atoms with Crippen LogP contribution in [0.2, 0.25) is 0 Å². The molecule has 0 radical (unpaired) electrons. The monoisotopic (exact) mass is 537 g/mol. The highest BCUT2D eigenvalue weighted by atomic mass is 31.2. The van der Waals surface area contributed by atoms with Crippen LogP contribution in [0.4, 0.5) is 0 Å². The van der Waals surface area contributed by atoms with Crippen molar-refractivity contribution >= 4 is 15.2 Å². The Hall–Kier alpha value is -0.520. The van der Waals surface area contributed by atoms with E-state index in [1.165, 1.54) is 5.56 Å². The van der Waals surface area contributed by atoms with Gasteiger partial charge in [0.05, 0.1) is 27.3 Å². The van der Waals surface area contributed by atoms with Crippen LogP contribution in [0.5, 0.6) is 0 Å². The number of hydrogen-bond acceptors (Lipinski definition) is 3. The second kappa shape index (κ2) is 19.6. The Morgan fingerprint density at radius 2 is 1.23 bits per heavy atom. The first kappa shape index (κ1) is 36.6. The molecule has 1 aromatic carbocycles. The summed E-state index contributed by atoms with van der Waals surface area (Å²) in [7, 11) is -1.20. The summed E-state index contributed by atoms with van der Waals surface area (Å²) in [6.45, 7) is 9.19. The fourth-order valence-electron chi connectivity index (χ4n) is 3.63. The molecule has 0 bridgehead atoms. The van der Waals surface area contributed by atoms with E-state index in [9.17, 15) is 14.0 Å². The van der Waals surface area contributed by atoms with Gasteiger partial charge in [0, 0.05) is 11.7 Å². The van der Waals surface area contributed by atoms with E-state index >= 15 is 0 Å². The largest absolute Gasteiger partial charge is 0.779 e. The van der Waals surface area contributed by atoms with Crippen LogP contribution in [0.1, 0.15) is 84.6 Å². The van der Waals surface area contributed by atoms with Crippen molar-refractivity contribution in [2.75, 3.05) is 33.5 Å². The molecule has 0 aliphatic heterocycles. The van der Waals surface area contributed by atoms with Crippen LogP contribution in [0.25, 0.3) is 0 Å². The first-order valence-corrected chi connectivity index (χ1v) is 16.5.